The summed E-state index contributed by atoms with van der Waals surface area (Å²) in [4.78, 5) is 47.8. The van der Waals surface area contributed by atoms with Crippen LogP contribution in [-0.4, -0.2) is 59.6 Å². The molecule has 4 rings (SSSR count). The van der Waals surface area contributed by atoms with Crippen molar-refractivity contribution in [3.63, 3.8) is 0 Å². The minimum absolute atomic E-state index is 0.104. The first-order valence-corrected chi connectivity index (χ1v) is 16.0. The summed E-state index contributed by atoms with van der Waals surface area (Å²) in [6.45, 7) is 0. The Bertz CT molecular complexity index is 1300. The number of hydrogen-bond donors (Lipinski definition) is 4. The third-order valence-corrected chi connectivity index (χ3v) is 10.3. The van der Waals surface area contributed by atoms with Crippen LogP contribution in [0.3, 0.4) is 0 Å². The van der Waals surface area contributed by atoms with E-state index in [4.69, 9.17) is 20.0 Å². The molecule has 0 aliphatic heterocycles. The van der Waals surface area contributed by atoms with Crippen molar-refractivity contribution in [1.29, 1.82) is 0 Å². The van der Waals surface area contributed by atoms with E-state index in [0.29, 0.717) is 11.5 Å². The van der Waals surface area contributed by atoms with E-state index in [-0.39, 0.29) is 19.0 Å². The topological polar surface area (TPSA) is 158 Å². The smallest absolute Gasteiger partial charge is 0.326 e. The molecule has 0 aliphatic rings. The Balaban J connectivity index is 0.000000205. The molecule has 9 nitrogen and oxygen atoms in total. The summed E-state index contributed by atoms with van der Waals surface area (Å²) in [6, 6.07) is 15.5. The Morgan fingerprint density at radius 2 is 1.42 bits per heavy atom. The average Bonchev–Trinajstić information content (AvgIpc) is 3.41. The van der Waals surface area contributed by atoms with Gasteiger partial charge in [0.2, 0.25) is 0 Å². The summed E-state index contributed by atoms with van der Waals surface area (Å²) < 4.78 is 14.5. The lowest BCUT2D eigenvalue weighted by Crippen LogP contribution is -2.17. The molecule has 14 heteroatoms. The highest BCUT2D eigenvalue weighted by atomic mass is 32.2. The fourth-order valence-corrected chi connectivity index (χ4v) is 8.15. The number of fused-ring (bicyclic) bond motifs is 2. The zero-order chi connectivity index (χ0) is 26.1. The normalized spacial score (nSPS) is 12.3. The van der Waals surface area contributed by atoms with E-state index in [2.05, 4.69) is 9.97 Å². The summed E-state index contributed by atoms with van der Waals surface area (Å²) >= 11 is 5.82. The maximum atomic E-state index is 11.1. The lowest BCUT2D eigenvalue weighted by atomic mass is 10.1. The highest BCUT2D eigenvalue weighted by Gasteiger charge is 2.20. The molecule has 0 bridgehead atoms. The Labute approximate surface area is 223 Å². The molecule has 36 heavy (non-hydrogen) atoms. The monoisotopic (exact) mass is 586 g/mol. The van der Waals surface area contributed by atoms with Gasteiger partial charge < -0.3 is 20.0 Å². The van der Waals surface area contributed by atoms with Gasteiger partial charge in [0.05, 0.1) is 32.5 Å². The van der Waals surface area contributed by atoms with Crippen molar-refractivity contribution in [2.75, 3.05) is 17.7 Å². The van der Waals surface area contributed by atoms with Gasteiger partial charge in [0.25, 0.3) is 0 Å². The number of carboxylic acids is 2. The molecular formula is C22H23N2O7PS4. The van der Waals surface area contributed by atoms with Crippen LogP contribution in [-0.2, 0) is 14.2 Å². The highest BCUT2D eigenvalue weighted by molar-refractivity contribution is 8.01. The number of rotatable bonds is 11. The quantitative estimate of drug-likeness (QED) is 0.129. The second-order valence-corrected chi connectivity index (χ2v) is 13.9. The van der Waals surface area contributed by atoms with Crippen molar-refractivity contribution in [2.24, 2.45) is 5.92 Å². The van der Waals surface area contributed by atoms with Gasteiger partial charge in [-0.05, 0) is 30.7 Å². The molecule has 2 heterocycles. The molecular weight excluding hydrogens is 563 g/mol. The molecule has 0 radical (unpaired) electrons. The molecule has 0 fully saturated rings. The summed E-state index contributed by atoms with van der Waals surface area (Å²) in [5.74, 6) is -1.86. The Hall–Kier alpha value is -1.99. The summed E-state index contributed by atoms with van der Waals surface area (Å²) in [6.07, 6.45) is -0.0898. The van der Waals surface area contributed by atoms with E-state index in [1.54, 1.807) is 11.3 Å². The number of benzene rings is 2. The fourth-order valence-electron chi connectivity index (χ4n) is 2.83. The van der Waals surface area contributed by atoms with E-state index in [9.17, 15) is 14.2 Å². The summed E-state index contributed by atoms with van der Waals surface area (Å²) in [7, 11) is -3.88. The van der Waals surface area contributed by atoms with E-state index in [1.165, 1.54) is 34.9 Å². The van der Waals surface area contributed by atoms with Gasteiger partial charge >= 0.3 is 19.5 Å². The van der Waals surface area contributed by atoms with Gasteiger partial charge in [-0.3, -0.25) is 14.2 Å². The van der Waals surface area contributed by atoms with Gasteiger partial charge in [0.15, 0.2) is 8.68 Å². The second kappa shape index (κ2) is 13.5. The standard InChI is InChI=1S/C13H13NO4S2.C9H10NO3PS2/c15-11(16)6-5-8(12(17)18)7-19-13-14-9-3-1-2-4-10(9)20-13;11-14(12,13)5-6-15-9-10-7-3-1-2-4-8(7)16-9/h1-4,8H,5-7H2,(H,15,16)(H,17,18);1-4H,5-6H2,(H2,11,12,13). The first kappa shape index (κ1) is 28.6. The molecule has 1 unspecified atom stereocenters. The van der Waals surface area contributed by atoms with Crippen LogP contribution in [0.25, 0.3) is 20.4 Å². The van der Waals surface area contributed by atoms with Crippen LogP contribution in [0.15, 0.2) is 57.2 Å². The largest absolute Gasteiger partial charge is 0.481 e. The molecule has 0 saturated carbocycles. The van der Waals surface area contributed by atoms with Crippen molar-refractivity contribution in [3.8, 4) is 0 Å². The highest BCUT2D eigenvalue weighted by Crippen LogP contribution is 2.37. The Kier molecular flexibility index (Phi) is 10.7. The number of thiazole rings is 2. The van der Waals surface area contributed by atoms with Crippen molar-refractivity contribution < 1.29 is 34.2 Å². The van der Waals surface area contributed by atoms with Gasteiger partial charge in [-0.2, -0.15) is 0 Å². The molecule has 4 aromatic rings. The van der Waals surface area contributed by atoms with Crippen LogP contribution in [0, 0.1) is 5.92 Å². The molecule has 192 valence electrons. The first-order valence-electron chi connectivity index (χ1n) is 10.6. The van der Waals surface area contributed by atoms with Crippen molar-refractivity contribution in [1.82, 2.24) is 9.97 Å². The molecule has 0 saturated heterocycles. The number of aromatic nitrogens is 2. The van der Waals surface area contributed by atoms with E-state index >= 15 is 0 Å². The van der Waals surface area contributed by atoms with Crippen molar-refractivity contribution in [2.45, 2.75) is 21.5 Å². The molecule has 0 aliphatic carbocycles. The zero-order valence-electron chi connectivity index (χ0n) is 18.7. The van der Waals surface area contributed by atoms with Gasteiger partial charge in [-0.25, -0.2) is 9.97 Å². The first-order chi connectivity index (χ1) is 17.1. The number of nitrogens with zero attached hydrogens (tertiary/aromatic N) is 2. The lowest BCUT2D eigenvalue weighted by molar-refractivity contribution is -0.142. The van der Waals surface area contributed by atoms with Crippen LogP contribution in [0.2, 0.25) is 0 Å². The van der Waals surface area contributed by atoms with Gasteiger partial charge in [0.1, 0.15) is 0 Å². The van der Waals surface area contributed by atoms with Crippen LogP contribution < -0.4 is 0 Å². The molecule has 1 atom stereocenters. The molecule has 4 N–H and O–H groups in total. The van der Waals surface area contributed by atoms with Gasteiger partial charge in [0, 0.05) is 17.9 Å². The number of carboxylic acid groups (broad SMARTS) is 2. The number of hydrogen-bond acceptors (Lipinski definition) is 9. The molecule has 2 aromatic carbocycles. The van der Waals surface area contributed by atoms with E-state index in [1.807, 2.05) is 48.5 Å². The third-order valence-electron chi connectivity index (χ3n) is 4.62. The maximum absolute atomic E-state index is 11.1. The molecule has 2 aromatic heterocycles. The van der Waals surface area contributed by atoms with Gasteiger partial charge in [-0.15, -0.1) is 22.7 Å². The fraction of sp³-hybridized carbons (Fsp3) is 0.273. The Morgan fingerprint density at radius 3 is 1.89 bits per heavy atom. The van der Waals surface area contributed by atoms with Crippen LogP contribution in [0.4, 0.5) is 0 Å². The lowest BCUT2D eigenvalue weighted by Gasteiger charge is -2.08. The summed E-state index contributed by atoms with van der Waals surface area (Å²) in [5, 5.41) is 17.7. The minimum Gasteiger partial charge on any atom is -0.481 e. The molecule has 0 spiro atoms. The zero-order valence-corrected chi connectivity index (χ0v) is 22.9. The number of para-hydroxylation sites is 2. The third kappa shape index (κ3) is 9.47. The van der Waals surface area contributed by atoms with Crippen LogP contribution >= 0.6 is 53.8 Å². The Morgan fingerprint density at radius 1 is 0.889 bits per heavy atom. The van der Waals surface area contributed by atoms with E-state index in [0.717, 1.165) is 29.1 Å². The van der Waals surface area contributed by atoms with E-state index < -0.39 is 25.5 Å². The minimum atomic E-state index is -3.88. The van der Waals surface area contributed by atoms with Gasteiger partial charge in [-0.1, -0.05) is 47.8 Å². The SMILES string of the molecule is O=C(O)CCC(CSc1nc2ccccc2s1)C(=O)O.O=P(O)(O)CCSc1nc2ccccc2s1. The predicted octanol–water partition coefficient (Wildman–Crippen LogP) is 5.52. The number of thioether (sulfide) groups is 2. The van der Waals surface area contributed by atoms with Crippen LogP contribution in [0.1, 0.15) is 12.8 Å². The maximum Gasteiger partial charge on any atom is 0.326 e. The molecule has 0 amide bonds. The van der Waals surface area contributed by atoms with Crippen molar-refractivity contribution >= 4 is 86.2 Å². The predicted molar refractivity (Wildman–Crippen MR) is 146 cm³/mol. The van der Waals surface area contributed by atoms with Crippen LogP contribution in [0.5, 0.6) is 0 Å². The number of aliphatic carboxylic acids is 2. The average molecular weight is 587 g/mol. The summed E-state index contributed by atoms with van der Waals surface area (Å²) in [5.41, 5.74) is 1.84. The number of carbonyl (C=O) groups is 2. The van der Waals surface area contributed by atoms with Crippen molar-refractivity contribution in [3.05, 3.63) is 48.5 Å². The second-order valence-electron chi connectivity index (χ2n) is 7.41.